The lowest BCUT2D eigenvalue weighted by molar-refractivity contribution is 0.294. The van der Waals surface area contributed by atoms with Crippen LogP contribution >= 0.6 is 0 Å². The number of hydrogen-bond donors (Lipinski definition) is 2. The SMILES string of the molecule is CCCOc1cc(-c2ccc(NN)nn2)ccc1OC. The second kappa shape index (κ2) is 6.72. The van der Waals surface area contributed by atoms with Crippen LogP contribution in [0.5, 0.6) is 11.5 Å². The van der Waals surface area contributed by atoms with Crippen LogP contribution in [0.1, 0.15) is 13.3 Å². The van der Waals surface area contributed by atoms with E-state index in [1.807, 2.05) is 24.3 Å². The molecule has 0 radical (unpaired) electrons. The Morgan fingerprint density at radius 1 is 1.15 bits per heavy atom. The quantitative estimate of drug-likeness (QED) is 0.621. The van der Waals surface area contributed by atoms with E-state index in [0.717, 1.165) is 17.7 Å². The molecule has 106 valence electrons. The Labute approximate surface area is 117 Å². The number of ether oxygens (including phenoxy) is 2. The molecular weight excluding hydrogens is 256 g/mol. The number of hydrogen-bond acceptors (Lipinski definition) is 6. The molecule has 0 unspecified atom stereocenters. The van der Waals surface area contributed by atoms with Gasteiger partial charge >= 0.3 is 0 Å². The number of anilines is 1. The number of aromatic nitrogens is 2. The Hall–Kier alpha value is -2.34. The van der Waals surface area contributed by atoms with Gasteiger partial charge in [0.1, 0.15) is 0 Å². The van der Waals surface area contributed by atoms with Gasteiger partial charge in [0.25, 0.3) is 0 Å². The number of rotatable bonds is 6. The average Bonchev–Trinajstić information content (AvgIpc) is 2.52. The molecule has 2 rings (SSSR count). The van der Waals surface area contributed by atoms with Gasteiger partial charge in [0.2, 0.25) is 0 Å². The number of nitrogens with zero attached hydrogens (tertiary/aromatic N) is 2. The predicted octanol–water partition coefficient (Wildman–Crippen LogP) is 2.23. The fraction of sp³-hybridized carbons (Fsp3) is 0.286. The molecule has 0 spiro atoms. The van der Waals surface area contributed by atoms with Crippen molar-refractivity contribution in [1.82, 2.24) is 10.2 Å². The maximum atomic E-state index is 5.68. The first kappa shape index (κ1) is 14.1. The lowest BCUT2D eigenvalue weighted by Crippen LogP contribution is -2.09. The van der Waals surface area contributed by atoms with Gasteiger partial charge in [0.05, 0.1) is 19.4 Å². The first-order valence-electron chi connectivity index (χ1n) is 6.40. The zero-order valence-electron chi connectivity index (χ0n) is 11.6. The fourth-order valence-electron chi connectivity index (χ4n) is 1.72. The number of benzene rings is 1. The van der Waals surface area contributed by atoms with Gasteiger partial charge in [0, 0.05) is 5.56 Å². The van der Waals surface area contributed by atoms with E-state index in [4.69, 9.17) is 15.3 Å². The first-order chi connectivity index (χ1) is 9.78. The third kappa shape index (κ3) is 3.16. The van der Waals surface area contributed by atoms with Crippen LogP contribution in [-0.2, 0) is 0 Å². The van der Waals surface area contributed by atoms with Gasteiger partial charge in [-0.25, -0.2) is 5.84 Å². The molecule has 1 aromatic carbocycles. The predicted molar refractivity (Wildman–Crippen MR) is 77.6 cm³/mol. The molecule has 2 aromatic rings. The summed E-state index contributed by atoms with van der Waals surface area (Å²) in [6.07, 6.45) is 0.935. The van der Waals surface area contributed by atoms with Crippen molar-refractivity contribution in [2.75, 3.05) is 19.1 Å². The molecule has 1 heterocycles. The molecule has 20 heavy (non-hydrogen) atoms. The summed E-state index contributed by atoms with van der Waals surface area (Å²) >= 11 is 0. The molecule has 0 aliphatic heterocycles. The number of hydrazine groups is 1. The molecule has 3 N–H and O–H groups in total. The molecular formula is C14H18N4O2. The van der Waals surface area contributed by atoms with E-state index in [1.165, 1.54) is 0 Å². The summed E-state index contributed by atoms with van der Waals surface area (Å²) in [4.78, 5) is 0. The van der Waals surface area contributed by atoms with Crippen LogP contribution in [0, 0.1) is 0 Å². The van der Waals surface area contributed by atoms with Crippen molar-refractivity contribution in [1.29, 1.82) is 0 Å². The van der Waals surface area contributed by atoms with E-state index in [-0.39, 0.29) is 0 Å². The van der Waals surface area contributed by atoms with E-state index in [9.17, 15) is 0 Å². The third-order valence-corrected chi connectivity index (χ3v) is 2.73. The van der Waals surface area contributed by atoms with Crippen molar-refractivity contribution in [2.24, 2.45) is 5.84 Å². The van der Waals surface area contributed by atoms with Gasteiger partial charge in [-0.3, -0.25) is 0 Å². The Bertz CT molecular complexity index is 558. The van der Waals surface area contributed by atoms with Crippen LogP contribution in [0.15, 0.2) is 30.3 Å². The molecule has 1 aromatic heterocycles. The van der Waals surface area contributed by atoms with Crippen LogP contribution in [0.2, 0.25) is 0 Å². The highest BCUT2D eigenvalue weighted by atomic mass is 16.5. The molecule has 0 aliphatic rings. The Kier molecular flexibility index (Phi) is 4.73. The molecule has 6 nitrogen and oxygen atoms in total. The first-order valence-corrected chi connectivity index (χ1v) is 6.40. The summed E-state index contributed by atoms with van der Waals surface area (Å²) in [6, 6.07) is 9.27. The van der Waals surface area contributed by atoms with E-state index < -0.39 is 0 Å². The van der Waals surface area contributed by atoms with E-state index in [2.05, 4.69) is 22.5 Å². The molecule has 0 fully saturated rings. The van der Waals surface area contributed by atoms with Crippen molar-refractivity contribution < 1.29 is 9.47 Å². The van der Waals surface area contributed by atoms with Crippen molar-refractivity contribution in [3.8, 4) is 22.8 Å². The molecule has 0 atom stereocenters. The summed E-state index contributed by atoms with van der Waals surface area (Å²) in [7, 11) is 1.62. The Morgan fingerprint density at radius 2 is 2.00 bits per heavy atom. The molecule has 0 bridgehead atoms. The standard InChI is InChI=1S/C14H18N4O2/c1-3-8-20-13-9-10(4-6-12(13)19-2)11-5-7-14(16-15)18-17-11/h4-7,9H,3,8,15H2,1-2H3,(H,16,18). The second-order valence-electron chi connectivity index (χ2n) is 4.16. The summed E-state index contributed by atoms with van der Waals surface area (Å²) < 4.78 is 11.0. The topological polar surface area (TPSA) is 82.3 Å². The smallest absolute Gasteiger partial charge is 0.162 e. The summed E-state index contributed by atoms with van der Waals surface area (Å²) in [5, 5.41) is 8.06. The maximum absolute atomic E-state index is 5.68. The lowest BCUT2D eigenvalue weighted by atomic mass is 10.1. The lowest BCUT2D eigenvalue weighted by Gasteiger charge is -2.11. The largest absolute Gasteiger partial charge is 0.493 e. The molecule has 0 aliphatic carbocycles. The second-order valence-corrected chi connectivity index (χ2v) is 4.16. The number of nitrogen functional groups attached to an aromatic ring is 1. The van der Waals surface area contributed by atoms with Crippen LogP contribution < -0.4 is 20.7 Å². The van der Waals surface area contributed by atoms with E-state index >= 15 is 0 Å². The number of nitrogens with two attached hydrogens (primary N) is 1. The highest BCUT2D eigenvalue weighted by Crippen LogP contribution is 2.31. The summed E-state index contributed by atoms with van der Waals surface area (Å²) in [6.45, 7) is 2.70. The van der Waals surface area contributed by atoms with Gasteiger partial charge < -0.3 is 14.9 Å². The van der Waals surface area contributed by atoms with Crippen molar-refractivity contribution in [3.05, 3.63) is 30.3 Å². The number of methoxy groups -OCH3 is 1. The van der Waals surface area contributed by atoms with Crippen molar-refractivity contribution in [3.63, 3.8) is 0 Å². The van der Waals surface area contributed by atoms with Crippen molar-refractivity contribution >= 4 is 5.82 Å². The van der Waals surface area contributed by atoms with Gasteiger partial charge in [-0.15, -0.1) is 10.2 Å². The molecule has 0 amide bonds. The third-order valence-electron chi connectivity index (χ3n) is 2.73. The Balaban J connectivity index is 2.30. The summed E-state index contributed by atoms with van der Waals surface area (Å²) in [5.74, 6) is 7.19. The zero-order valence-corrected chi connectivity index (χ0v) is 11.6. The van der Waals surface area contributed by atoms with Gasteiger partial charge in [0.15, 0.2) is 17.3 Å². The van der Waals surface area contributed by atoms with Crippen LogP contribution in [-0.4, -0.2) is 23.9 Å². The molecule has 0 saturated carbocycles. The zero-order chi connectivity index (χ0) is 14.4. The minimum absolute atomic E-state index is 0.518. The van der Waals surface area contributed by atoms with Gasteiger partial charge in [-0.1, -0.05) is 6.92 Å². The van der Waals surface area contributed by atoms with Gasteiger partial charge in [-0.05, 0) is 36.8 Å². The van der Waals surface area contributed by atoms with Crippen LogP contribution in [0.4, 0.5) is 5.82 Å². The molecule has 0 saturated heterocycles. The maximum Gasteiger partial charge on any atom is 0.162 e. The highest BCUT2D eigenvalue weighted by Gasteiger charge is 2.08. The average molecular weight is 274 g/mol. The van der Waals surface area contributed by atoms with Crippen LogP contribution in [0.25, 0.3) is 11.3 Å². The Morgan fingerprint density at radius 3 is 2.60 bits per heavy atom. The highest BCUT2D eigenvalue weighted by molar-refractivity contribution is 5.64. The van der Waals surface area contributed by atoms with Gasteiger partial charge in [-0.2, -0.15) is 0 Å². The van der Waals surface area contributed by atoms with E-state index in [0.29, 0.717) is 23.9 Å². The fourth-order valence-corrected chi connectivity index (χ4v) is 1.72. The van der Waals surface area contributed by atoms with E-state index in [1.54, 1.807) is 13.2 Å². The normalized spacial score (nSPS) is 10.2. The summed E-state index contributed by atoms with van der Waals surface area (Å²) in [5.41, 5.74) is 4.10. The minimum atomic E-state index is 0.518. The van der Waals surface area contributed by atoms with Crippen LogP contribution in [0.3, 0.4) is 0 Å². The minimum Gasteiger partial charge on any atom is -0.493 e. The molecule has 6 heteroatoms. The monoisotopic (exact) mass is 274 g/mol. The van der Waals surface area contributed by atoms with Crippen molar-refractivity contribution in [2.45, 2.75) is 13.3 Å². The number of nitrogens with one attached hydrogen (secondary N) is 1.